The van der Waals surface area contributed by atoms with Crippen molar-refractivity contribution in [2.24, 2.45) is 0 Å². The van der Waals surface area contributed by atoms with Crippen molar-refractivity contribution < 1.29 is 4.74 Å². The summed E-state index contributed by atoms with van der Waals surface area (Å²) >= 11 is 0. The van der Waals surface area contributed by atoms with Gasteiger partial charge in [-0.05, 0) is 38.1 Å². The van der Waals surface area contributed by atoms with E-state index in [0.29, 0.717) is 17.0 Å². The number of benzene rings is 2. The van der Waals surface area contributed by atoms with Crippen LogP contribution in [0, 0.1) is 11.3 Å². The third-order valence-corrected chi connectivity index (χ3v) is 3.15. The first kappa shape index (κ1) is 14.7. The quantitative estimate of drug-likeness (QED) is 0.868. The van der Waals surface area contributed by atoms with Crippen molar-refractivity contribution in [1.29, 1.82) is 5.26 Å². The summed E-state index contributed by atoms with van der Waals surface area (Å²) in [6, 6.07) is 15.3. The topological polar surface area (TPSA) is 62.3 Å². The lowest BCUT2D eigenvalue weighted by molar-refractivity contribution is 0.244. The number of nitrogen functional groups attached to an aromatic ring is 1. The molecule has 0 radical (unpaired) electrons. The first-order valence-electron chi connectivity index (χ1n) is 6.82. The Kier molecular flexibility index (Phi) is 4.34. The molecule has 0 atom stereocenters. The normalized spacial score (nSPS) is 10.2. The van der Waals surface area contributed by atoms with E-state index in [-0.39, 0.29) is 6.10 Å². The number of ether oxygens (including phenoxy) is 1. The molecule has 0 aromatic heterocycles. The van der Waals surface area contributed by atoms with Crippen LogP contribution >= 0.6 is 0 Å². The third-order valence-electron chi connectivity index (χ3n) is 3.15. The summed E-state index contributed by atoms with van der Waals surface area (Å²) in [6.07, 6.45) is 0.0549. The summed E-state index contributed by atoms with van der Waals surface area (Å²) in [6.45, 7) is 3.92. The number of nitrogens with zero attached hydrogens (tertiary/aromatic N) is 2. The Labute approximate surface area is 125 Å². The van der Waals surface area contributed by atoms with E-state index in [1.165, 1.54) is 0 Å². The first-order valence-corrected chi connectivity index (χ1v) is 6.82. The van der Waals surface area contributed by atoms with Gasteiger partial charge in [0, 0.05) is 7.05 Å². The zero-order valence-electron chi connectivity index (χ0n) is 12.5. The van der Waals surface area contributed by atoms with Crippen LogP contribution in [0.5, 0.6) is 5.75 Å². The van der Waals surface area contributed by atoms with Gasteiger partial charge in [0.05, 0.1) is 28.7 Å². The molecular weight excluding hydrogens is 262 g/mol. The van der Waals surface area contributed by atoms with Gasteiger partial charge in [-0.25, -0.2) is 0 Å². The Balaban J connectivity index is 2.44. The molecule has 0 aliphatic rings. The highest BCUT2D eigenvalue weighted by Crippen LogP contribution is 2.36. The van der Waals surface area contributed by atoms with E-state index in [9.17, 15) is 5.26 Å². The van der Waals surface area contributed by atoms with Gasteiger partial charge in [-0.2, -0.15) is 5.26 Å². The molecule has 2 aromatic carbocycles. The van der Waals surface area contributed by atoms with E-state index in [1.807, 2.05) is 62.2 Å². The summed E-state index contributed by atoms with van der Waals surface area (Å²) in [5.41, 5.74) is 9.02. The lowest BCUT2D eigenvalue weighted by Crippen LogP contribution is -2.14. The van der Waals surface area contributed by atoms with Gasteiger partial charge in [-0.3, -0.25) is 0 Å². The van der Waals surface area contributed by atoms with Crippen LogP contribution in [0.4, 0.5) is 17.1 Å². The minimum absolute atomic E-state index is 0.0549. The van der Waals surface area contributed by atoms with Gasteiger partial charge in [0.2, 0.25) is 0 Å². The van der Waals surface area contributed by atoms with Gasteiger partial charge in [-0.1, -0.05) is 18.2 Å². The Morgan fingerprint density at radius 3 is 2.43 bits per heavy atom. The zero-order chi connectivity index (χ0) is 15.4. The molecule has 0 unspecified atom stereocenters. The van der Waals surface area contributed by atoms with Crippen molar-refractivity contribution in [1.82, 2.24) is 0 Å². The minimum Gasteiger partial charge on any atom is -0.489 e. The molecule has 0 aliphatic heterocycles. The number of nitrogens with two attached hydrogens (primary N) is 1. The van der Waals surface area contributed by atoms with E-state index in [2.05, 4.69) is 6.07 Å². The molecule has 4 nitrogen and oxygen atoms in total. The molecule has 21 heavy (non-hydrogen) atoms. The molecule has 0 bridgehead atoms. The largest absolute Gasteiger partial charge is 0.489 e. The lowest BCUT2D eigenvalue weighted by atomic mass is 10.1. The smallest absolute Gasteiger partial charge is 0.144 e. The second kappa shape index (κ2) is 6.19. The summed E-state index contributed by atoms with van der Waals surface area (Å²) < 4.78 is 5.71. The van der Waals surface area contributed by atoms with E-state index in [0.717, 1.165) is 11.4 Å². The van der Waals surface area contributed by atoms with E-state index in [4.69, 9.17) is 10.5 Å². The monoisotopic (exact) mass is 281 g/mol. The van der Waals surface area contributed by atoms with E-state index >= 15 is 0 Å². The van der Waals surface area contributed by atoms with Crippen molar-refractivity contribution >= 4 is 17.1 Å². The summed E-state index contributed by atoms with van der Waals surface area (Å²) in [5.74, 6) is 0.656. The molecular formula is C17H19N3O. The fourth-order valence-corrected chi connectivity index (χ4v) is 2.17. The average molecular weight is 281 g/mol. The highest BCUT2D eigenvalue weighted by Gasteiger charge is 2.14. The van der Waals surface area contributed by atoms with Crippen molar-refractivity contribution in [2.45, 2.75) is 20.0 Å². The molecule has 0 spiro atoms. The second-order valence-corrected chi connectivity index (χ2v) is 5.04. The summed E-state index contributed by atoms with van der Waals surface area (Å²) in [4.78, 5) is 1.90. The minimum atomic E-state index is 0.0549. The fourth-order valence-electron chi connectivity index (χ4n) is 2.17. The Hall–Kier alpha value is -2.67. The maximum atomic E-state index is 9.22. The third kappa shape index (κ3) is 3.09. The highest BCUT2D eigenvalue weighted by atomic mass is 16.5. The standard InChI is InChI=1S/C17H19N3O/c1-12(2)21-16-10-6-9-15(17(16)19)20(3)14-8-5-4-7-13(14)11-18/h4-10,12H,19H2,1-3H3. The number of hydrogen-bond acceptors (Lipinski definition) is 4. The summed E-state index contributed by atoms with van der Waals surface area (Å²) in [7, 11) is 1.89. The molecule has 0 heterocycles. The molecule has 108 valence electrons. The number of rotatable bonds is 4. The molecule has 2 aromatic rings. The van der Waals surface area contributed by atoms with Crippen LogP contribution in [0.2, 0.25) is 0 Å². The van der Waals surface area contributed by atoms with Crippen LogP contribution in [0.3, 0.4) is 0 Å². The molecule has 4 heteroatoms. The van der Waals surface area contributed by atoms with Crippen LogP contribution in [-0.4, -0.2) is 13.2 Å². The maximum Gasteiger partial charge on any atom is 0.144 e. The fraction of sp³-hybridized carbons (Fsp3) is 0.235. The van der Waals surface area contributed by atoms with Gasteiger partial charge in [0.15, 0.2) is 0 Å². The van der Waals surface area contributed by atoms with Crippen LogP contribution in [0.25, 0.3) is 0 Å². The predicted molar refractivity (Wildman–Crippen MR) is 85.8 cm³/mol. The van der Waals surface area contributed by atoms with E-state index < -0.39 is 0 Å². The first-order chi connectivity index (χ1) is 10.0. The van der Waals surface area contributed by atoms with Gasteiger partial charge >= 0.3 is 0 Å². The molecule has 2 N–H and O–H groups in total. The Morgan fingerprint density at radius 1 is 1.10 bits per heavy atom. The van der Waals surface area contributed by atoms with Gasteiger partial charge < -0.3 is 15.4 Å². The second-order valence-electron chi connectivity index (χ2n) is 5.04. The van der Waals surface area contributed by atoms with Gasteiger partial charge in [-0.15, -0.1) is 0 Å². The zero-order valence-corrected chi connectivity index (χ0v) is 12.5. The molecule has 2 rings (SSSR count). The van der Waals surface area contributed by atoms with Crippen molar-refractivity contribution in [3.8, 4) is 11.8 Å². The predicted octanol–water partition coefficient (Wildman–Crippen LogP) is 3.70. The van der Waals surface area contributed by atoms with Crippen molar-refractivity contribution in [2.75, 3.05) is 17.7 Å². The molecule has 0 amide bonds. The van der Waals surface area contributed by atoms with Crippen LogP contribution in [0.15, 0.2) is 42.5 Å². The summed E-state index contributed by atoms with van der Waals surface area (Å²) in [5, 5.41) is 9.22. The number of para-hydroxylation sites is 2. The van der Waals surface area contributed by atoms with Gasteiger partial charge in [0.1, 0.15) is 11.8 Å². The highest BCUT2D eigenvalue weighted by molar-refractivity contribution is 5.80. The van der Waals surface area contributed by atoms with Crippen LogP contribution in [0.1, 0.15) is 19.4 Å². The van der Waals surface area contributed by atoms with Gasteiger partial charge in [0.25, 0.3) is 0 Å². The Bertz CT molecular complexity index is 674. The molecule has 0 aliphatic carbocycles. The average Bonchev–Trinajstić information content (AvgIpc) is 2.48. The van der Waals surface area contributed by atoms with E-state index in [1.54, 1.807) is 6.07 Å². The molecule has 0 saturated carbocycles. The Morgan fingerprint density at radius 2 is 1.76 bits per heavy atom. The SMILES string of the molecule is CC(C)Oc1cccc(N(C)c2ccccc2C#N)c1N. The number of anilines is 3. The van der Waals surface area contributed by atoms with Crippen LogP contribution in [-0.2, 0) is 0 Å². The number of hydrogen-bond donors (Lipinski definition) is 1. The van der Waals surface area contributed by atoms with Crippen molar-refractivity contribution in [3.05, 3.63) is 48.0 Å². The molecule has 0 saturated heterocycles. The van der Waals surface area contributed by atoms with Crippen molar-refractivity contribution in [3.63, 3.8) is 0 Å². The maximum absolute atomic E-state index is 9.22. The lowest BCUT2D eigenvalue weighted by Gasteiger charge is -2.24. The van der Waals surface area contributed by atoms with Crippen LogP contribution < -0.4 is 15.4 Å². The number of nitriles is 1. The molecule has 0 fully saturated rings.